The van der Waals surface area contributed by atoms with Crippen LogP contribution in [0.25, 0.3) is 0 Å². The van der Waals surface area contributed by atoms with Crippen molar-refractivity contribution in [2.75, 3.05) is 25.2 Å². The van der Waals surface area contributed by atoms with Crippen molar-refractivity contribution in [2.45, 2.75) is 11.3 Å². The van der Waals surface area contributed by atoms with Crippen LogP contribution in [0.3, 0.4) is 0 Å². The van der Waals surface area contributed by atoms with Gasteiger partial charge in [0.05, 0.1) is 5.75 Å². The second kappa shape index (κ2) is 12.9. The van der Waals surface area contributed by atoms with Crippen molar-refractivity contribution >= 4 is 45.7 Å². The maximum absolute atomic E-state index is 12.3. The zero-order chi connectivity index (χ0) is 21.8. The number of nitrogens with zero attached hydrogens (tertiary/aromatic N) is 1. The molecule has 0 saturated heterocycles. The van der Waals surface area contributed by atoms with E-state index in [4.69, 9.17) is 0 Å². The lowest BCUT2D eigenvalue weighted by molar-refractivity contribution is -0.116. The van der Waals surface area contributed by atoms with Crippen LogP contribution in [0.1, 0.15) is 11.1 Å². The first-order valence-corrected chi connectivity index (χ1v) is 11.2. The highest BCUT2D eigenvalue weighted by Gasteiger charge is 2.08. The minimum Gasteiger partial charge on any atom is -0.351 e. The molecule has 0 fully saturated rings. The van der Waals surface area contributed by atoms with Gasteiger partial charge in [0.15, 0.2) is 0 Å². The van der Waals surface area contributed by atoms with Gasteiger partial charge in [0.1, 0.15) is 0 Å². The van der Waals surface area contributed by atoms with Crippen LogP contribution in [0.4, 0.5) is 5.69 Å². The number of rotatable bonds is 7. The van der Waals surface area contributed by atoms with Gasteiger partial charge < -0.3 is 10.2 Å². The quantitative estimate of drug-likeness (QED) is 0.357. The molecule has 0 saturated carbocycles. The molecule has 3 rings (SSSR count). The Bertz CT molecular complexity index is 931. The van der Waals surface area contributed by atoms with Gasteiger partial charge in [0.25, 0.3) is 0 Å². The van der Waals surface area contributed by atoms with E-state index in [1.54, 1.807) is 14.1 Å². The first-order chi connectivity index (χ1) is 14.5. The molecule has 0 unspecified atom stereocenters. The molecule has 0 aliphatic carbocycles. The zero-order valence-electron chi connectivity index (χ0n) is 17.0. The van der Waals surface area contributed by atoms with Gasteiger partial charge in [-0.2, -0.15) is 0 Å². The summed E-state index contributed by atoms with van der Waals surface area (Å²) in [5, 5.41) is 3.04. The number of thioether (sulfide) groups is 1. The van der Waals surface area contributed by atoms with E-state index in [0.29, 0.717) is 5.75 Å². The molecule has 3 aromatic carbocycles. The van der Waals surface area contributed by atoms with Gasteiger partial charge in [-0.1, -0.05) is 64.5 Å². The number of nitrogens with one attached hydrogen (secondary N) is 1. The number of benzene rings is 3. The first-order valence-electron chi connectivity index (χ1n) is 9.39. The fourth-order valence-corrected chi connectivity index (χ4v) is 3.44. The molecule has 0 bridgehead atoms. The number of para-hydroxylation sites is 1. The number of hydrogen-bond acceptors (Lipinski definition) is 3. The van der Waals surface area contributed by atoms with Crippen molar-refractivity contribution in [3.63, 3.8) is 0 Å². The molecule has 1 N–H and O–H groups in total. The van der Waals surface area contributed by atoms with Crippen molar-refractivity contribution in [3.8, 4) is 0 Å². The fourth-order valence-electron chi connectivity index (χ4n) is 2.48. The summed E-state index contributed by atoms with van der Waals surface area (Å²) in [7, 11) is 3.38. The minimum atomic E-state index is 0.00781. The van der Waals surface area contributed by atoms with E-state index in [-0.39, 0.29) is 5.91 Å². The predicted molar refractivity (Wildman–Crippen MR) is 129 cm³/mol. The van der Waals surface area contributed by atoms with E-state index in [1.165, 1.54) is 22.2 Å². The Morgan fingerprint density at radius 1 is 0.967 bits per heavy atom. The predicted octanol–water partition coefficient (Wildman–Crippen LogP) is 5.48. The zero-order valence-corrected chi connectivity index (χ0v) is 19.4. The maximum Gasteiger partial charge on any atom is 0.234 e. The summed E-state index contributed by atoms with van der Waals surface area (Å²) in [5.74, 6) is 0.398. The lowest BCUT2D eigenvalue weighted by Gasteiger charge is -2.11. The molecule has 30 heavy (non-hydrogen) atoms. The first kappa shape index (κ1) is 23.7. The smallest absolute Gasteiger partial charge is 0.234 e. The van der Waals surface area contributed by atoms with Crippen molar-refractivity contribution < 1.29 is 9.59 Å². The summed E-state index contributed by atoms with van der Waals surface area (Å²) in [6, 6.07) is 26.2. The third-order valence-corrected chi connectivity index (χ3v) is 5.46. The fraction of sp³-hybridized carbons (Fsp3) is 0.167. The second-order valence-corrected chi connectivity index (χ2v) is 8.64. The van der Waals surface area contributed by atoms with Gasteiger partial charge in [-0.3, -0.25) is 9.59 Å². The number of carbonyl (C=O) groups is 2. The van der Waals surface area contributed by atoms with Crippen LogP contribution < -0.4 is 5.32 Å². The highest BCUT2D eigenvalue weighted by atomic mass is 79.9. The summed E-state index contributed by atoms with van der Waals surface area (Å²) in [5.41, 5.74) is 3.23. The Balaban J connectivity index is 0.000000575. The third-order valence-electron chi connectivity index (χ3n) is 3.92. The molecule has 4 nitrogen and oxygen atoms in total. The van der Waals surface area contributed by atoms with Crippen LogP contribution in [0, 0.1) is 0 Å². The summed E-state index contributed by atoms with van der Waals surface area (Å²) < 4.78 is 1.04. The van der Waals surface area contributed by atoms with Crippen LogP contribution in [-0.2, 0) is 16.0 Å². The molecule has 0 heterocycles. The van der Waals surface area contributed by atoms with Crippen LogP contribution >= 0.6 is 27.7 Å². The Labute approximate surface area is 190 Å². The van der Waals surface area contributed by atoms with Gasteiger partial charge in [0, 0.05) is 29.2 Å². The maximum atomic E-state index is 12.3. The van der Waals surface area contributed by atoms with Crippen LogP contribution in [-0.4, -0.2) is 37.1 Å². The number of halogens is 1. The van der Waals surface area contributed by atoms with Gasteiger partial charge in [0.2, 0.25) is 12.3 Å². The molecule has 156 valence electrons. The lowest BCUT2D eigenvalue weighted by Crippen LogP contribution is -2.15. The highest BCUT2D eigenvalue weighted by molar-refractivity contribution is 9.10. The largest absolute Gasteiger partial charge is 0.351 e. The monoisotopic (exact) mass is 484 g/mol. The SMILES string of the molecule is CN(C)C=O.O=C(CSc1ccc(Br)cc1)Nc1ccccc1Cc1ccccc1. The molecule has 0 aliphatic rings. The number of carbonyl (C=O) groups excluding carboxylic acids is 2. The van der Waals surface area contributed by atoms with Gasteiger partial charge in [-0.05, 0) is 47.9 Å². The Hall–Kier alpha value is -2.57. The number of anilines is 1. The highest BCUT2D eigenvalue weighted by Crippen LogP contribution is 2.22. The van der Waals surface area contributed by atoms with Gasteiger partial charge in [-0.15, -0.1) is 11.8 Å². The van der Waals surface area contributed by atoms with Crippen LogP contribution in [0.15, 0.2) is 88.2 Å². The summed E-state index contributed by atoms with van der Waals surface area (Å²) in [6.07, 6.45) is 1.55. The molecule has 2 amide bonds. The molecule has 6 heteroatoms. The molecule has 0 spiro atoms. The van der Waals surface area contributed by atoms with E-state index >= 15 is 0 Å². The summed E-state index contributed by atoms with van der Waals surface area (Å²) in [4.78, 5) is 24.3. The third kappa shape index (κ3) is 8.84. The van der Waals surface area contributed by atoms with Gasteiger partial charge >= 0.3 is 0 Å². The molecule has 0 atom stereocenters. The molecule has 0 aromatic heterocycles. The standard InChI is InChI=1S/C21H18BrNOS.C3H7NO/c22-18-10-12-19(13-11-18)25-15-21(24)23-20-9-5-4-8-17(20)14-16-6-2-1-3-7-16;1-4(2)3-5/h1-13H,14-15H2,(H,23,24);3H,1-2H3. The van der Waals surface area contributed by atoms with Crippen molar-refractivity contribution in [1.29, 1.82) is 0 Å². The van der Waals surface area contributed by atoms with Crippen molar-refractivity contribution in [3.05, 3.63) is 94.5 Å². The average molecular weight is 485 g/mol. The van der Waals surface area contributed by atoms with Crippen LogP contribution in [0.5, 0.6) is 0 Å². The summed E-state index contributed by atoms with van der Waals surface area (Å²) in [6.45, 7) is 0. The van der Waals surface area contributed by atoms with E-state index in [9.17, 15) is 9.59 Å². The van der Waals surface area contributed by atoms with E-state index < -0.39 is 0 Å². The average Bonchev–Trinajstić information content (AvgIpc) is 2.76. The minimum absolute atomic E-state index is 0.00781. The topological polar surface area (TPSA) is 49.4 Å². The molecular formula is C24H25BrN2O2S. The number of hydrogen-bond donors (Lipinski definition) is 1. The molecule has 0 aliphatic heterocycles. The van der Waals surface area contributed by atoms with E-state index in [2.05, 4.69) is 39.4 Å². The van der Waals surface area contributed by atoms with Gasteiger partial charge in [-0.25, -0.2) is 0 Å². The normalized spacial score (nSPS) is 9.83. The van der Waals surface area contributed by atoms with Crippen molar-refractivity contribution in [2.24, 2.45) is 0 Å². The molecular weight excluding hydrogens is 460 g/mol. The van der Waals surface area contributed by atoms with Crippen molar-refractivity contribution in [1.82, 2.24) is 4.90 Å². The summed E-state index contributed by atoms with van der Waals surface area (Å²) >= 11 is 4.95. The molecule has 3 aromatic rings. The lowest BCUT2D eigenvalue weighted by atomic mass is 10.0. The molecule has 0 radical (unpaired) electrons. The van der Waals surface area contributed by atoms with E-state index in [1.807, 2.05) is 60.7 Å². The number of amides is 2. The Morgan fingerprint density at radius 2 is 1.57 bits per heavy atom. The van der Waals surface area contributed by atoms with Crippen LogP contribution in [0.2, 0.25) is 0 Å². The second-order valence-electron chi connectivity index (χ2n) is 6.68. The Morgan fingerprint density at radius 3 is 2.20 bits per heavy atom. The Kier molecular flexibility index (Phi) is 10.2. The van der Waals surface area contributed by atoms with E-state index in [0.717, 1.165) is 33.4 Å².